The van der Waals surface area contributed by atoms with Crippen molar-refractivity contribution in [3.8, 4) is 5.75 Å². The van der Waals surface area contributed by atoms with Crippen LogP contribution >= 0.6 is 0 Å². The number of aliphatic hydroxyl groups is 1. The van der Waals surface area contributed by atoms with Crippen LogP contribution in [0.5, 0.6) is 5.75 Å². The first-order valence-electron chi connectivity index (χ1n) is 12.8. The lowest BCUT2D eigenvalue weighted by atomic mass is 10.0. The smallest absolute Gasteiger partial charge is 0.342 e. The number of ether oxygens (including phenoxy) is 3. The molecule has 41 heavy (non-hydrogen) atoms. The molecule has 1 aromatic rings. The molecule has 12 heteroatoms. The molecule has 0 fully saturated rings. The number of carbonyl (C=O) groups is 3. The Hall–Kier alpha value is -4.39. The number of aliphatic hydroxyl groups excluding tert-OH is 1. The predicted molar refractivity (Wildman–Crippen MR) is 145 cm³/mol. The molecule has 2 heterocycles. The summed E-state index contributed by atoms with van der Waals surface area (Å²) in [6, 6.07) is 4.91. The Balaban J connectivity index is 2.14. The number of cyclic esters (lactones) is 1. The quantitative estimate of drug-likeness (QED) is 0.312. The monoisotopic (exact) mass is 570 g/mol. The van der Waals surface area contributed by atoms with Gasteiger partial charge in [-0.1, -0.05) is 24.3 Å². The third-order valence-electron chi connectivity index (χ3n) is 5.88. The molecule has 0 aliphatic carbocycles. The number of hydrogen-bond acceptors (Lipinski definition) is 12. The van der Waals surface area contributed by atoms with Crippen LogP contribution in [-0.2, 0) is 39.9 Å². The van der Waals surface area contributed by atoms with Crippen LogP contribution in [0, 0.1) is 0 Å². The number of benzene rings is 1. The topological polar surface area (TPSA) is 156 Å². The lowest BCUT2D eigenvalue weighted by Crippen LogP contribution is -2.28. The molecule has 2 aliphatic rings. The van der Waals surface area contributed by atoms with E-state index in [1.165, 1.54) is 44.6 Å². The van der Waals surface area contributed by atoms with E-state index in [9.17, 15) is 19.5 Å². The van der Waals surface area contributed by atoms with Gasteiger partial charge in [0.25, 0.3) is 0 Å². The first-order valence-corrected chi connectivity index (χ1v) is 12.8. The summed E-state index contributed by atoms with van der Waals surface area (Å²) in [6.07, 6.45) is 9.56. The van der Waals surface area contributed by atoms with Crippen molar-refractivity contribution < 1.29 is 48.2 Å². The summed E-state index contributed by atoms with van der Waals surface area (Å²) in [5, 5.41) is 10.5. The second-order valence-corrected chi connectivity index (χ2v) is 9.04. The molecular formula is C29H34N2O10. The Bertz CT molecular complexity index is 1250. The summed E-state index contributed by atoms with van der Waals surface area (Å²) in [4.78, 5) is 54.4. The number of allylic oxidation sites excluding steroid dienone is 4. The van der Waals surface area contributed by atoms with Crippen molar-refractivity contribution in [1.29, 1.82) is 0 Å². The number of nitrogens with zero attached hydrogens (tertiary/aromatic N) is 1. The van der Waals surface area contributed by atoms with Crippen LogP contribution in [0.2, 0.25) is 0 Å². The third-order valence-corrected chi connectivity index (χ3v) is 5.88. The standard InChI is InChI=1S/C29H34N2O10/c1-19-12-13-21-7-4-11-26-28(21)29(35)40-23(10-5-8-22(30)9-6-16-37-31(36-3)41-26)17-27(34)39-24(18-32)14-15-25(19)38-20(2)33/h4-9,11-12,14-16,23-25,32H,10,13,17-18,30H2,1-3H3/t23-,24+,25-/m1/s1. The number of carbonyl (C=O) groups excluding carboxylic acids is 3. The molecule has 0 saturated carbocycles. The van der Waals surface area contributed by atoms with Crippen LogP contribution in [0.15, 0.2) is 78.3 Å². The molecule has 0 aromatic heterocycles. The normalized spacial score (nSPS) is 22.8. The maximum atomic E-state index is 13.7. The molecule has 0 amide bonds. The maximum absolute atomic E-state index is 13.7. The molecule has 0 unspecified atom stereocenters. The Labute approximate surface area is 237 Å². The summed E-state index contributed by atoms with van der Waals surface area (Å²) in [5.41, 5.74) is 7.53. The van der Waals surface area contributed by atoms with Gasteiger partial charge in [-0.15, -0.1) is 0 Å². The highest BCUT2D eigenvalue weighted by Crippen LogP contribution is 2.28. The lowest BCUT2D eigenvalue weighted by Gasteiger charge is -2.21. The second kappa shape index (κ2) is 15.4. The van der Waals surface area contributed by atoms with E-state index in [0.717, 1.165) is 0 Å². The van der Waals surface area contributed by atoms with Crippen LogP contribution in [0.3, 0.4) is 0 Å². The number of esters is 3. The van der Waals surface area contributed by atoms with E-state index in [-0.39, 0.29) is 30.6 Å². The van der Waals surface area contributed by atoms with Crippen LogP contribution < -0.4 is 10.6 Å². The molecule has 3 atom stereocenters. The summed E-state index contributed by atoms with van der Waals surface area (Å²) < 4.78 is 16.6. The molecule has 0 radical (unpaired) electrons. The average molecular weight is 571 g/mol. The highest BCUT2D eigenvalue weighted by atomic mass is 17.2. The summed E-state index contributed by atoms with van der Waals surface area (Å²) in [5.74, 6) is -1.98. The van der Waals surface area contributed by atoms with Gasteiger partial charge < -0.3 is 34.7 Å². The van der Waals surface area contributed by atoms with E-state index in [1.54, 1.807) is 43.4 Å². The van der Waals surface area contributed by atoms with Gasteiger partial charge in [-0.2, -0.15) is 0 Å². The molecule has 12 nitrogen and oxygen atoms in total. The largest absolute Gasteiger partial charge is 0.458 e. The molecule has 3 rings (SSSR count). The fraction of sp³-hybridized carbons (Fsp3) is 0.345. The van der Waals surface area contributed by atoms with Crippen LogP contribution in [0.25, 0.3) is 0 Å². The van der Waals surface area contributed by atoms with Gasteiger partial charge in [0.15, 0.2) is 11.1 Å². The number of hydrogen-bond donors (Lipinski definition) is 2. The van der Waals surface area contributed by atoms with Gasteiger partial charge in [-0.3, -0.25) is 9.59 Å². The highest BCUT2D eigenvalue weighted by Gasteiger charge is 2.27. The SMILES string of the molecule is CON1OC=CC=C(N)C=CC[C@@H]2CC(=O)O[C@H](CO)C=C[C@@H](OC(C)=O)C(C)=CCc3cccc(c3C(=O)O2)O1. The van der Waals surface area contributed by atoms with E-state index in [4.69, 9.17) is 34.5 Å². The van der Waals surface area contributed by atoms with E-state index in [0.29, 0.717) is 22.2 Å². The Morgan fingerprint density at radius 1 is 1.22 bits per heavy atom. The van der Waals surface area contributed by atoms with Crippen LogP contribution in [-0.4, -0.2) is 60.4 Å². The molecule has 0 spiro atoms. The number of fused-ring (bicyclic) bond motifs is 2. The van der Waals surface area contributed by atoms with E-state index < -0.39 is 42.8 Å². The minimum Gasteiger partial charge on any atom is -0.458 e. The minimum atomic E-state index is -1.02. The van der Waals surface area contributed by atoms with Crippen molar-refractivity contribution in [3.05, 3.63) is 89.4 Å². The molecule has 1 aromatic carbocycles. The van der Waals surface area contributed by atoms with Gasteiger partial charge in [0.05, 0.1) is 20.1 Å². The van der Waals surface area contributed by atoms with Gasteiger partial charge >= 0.3 is 17.9 Å². The van der Waals surface area contributed by atoms with Crippen molar-refractivity contribution in [1.82, 2.24) is 5.39 Å². The molecular weight excluding hydrogens is 536 g/mol. The fourth-order valence-electron chi connectivity index (χ4n) is 3.88. The van der Waals surface area contributed by atoms with Gasteiger partial charge in [-0.25, -0.2) is 9.63 Å². The Kier molecular flexibility index (Phi) is 11.7. The van der Waals surface area contributed by atoms with Crippen molar-refractivity contribution in [3.63, 3.8) is 0 Å². The van der Waals surface area contributed by atoms with Crippen LogP contribution in [0.1, 0.15) is 42.6 Å². The van der Waals surface area contributed by atoms with Gasteiger partial charge in [0.2, 0.25) is 0 Å². The van der Waals surface area contributed by atoms with E-state index >= 15 is 0 Å². The van der Waals surface area contributed by atoms with Gasteiger partial charge in [-0.05, 0) is 60.9 Å². The van der Waals surface area contributed by atoms with Crippen molar-refractivity contribution in [2.75, 3.05) is 13.7 Å². The Morgan fingerprint density at radius 3 is 2.76 bits per heavy atom. The third kappa shape index (κ3) is 9.64. The van der Waals surface area contributed by atoms with Crippen molar-refractivity contribution >= 4 is 17.9 Å². The Morgan fingerprint density at radius 2 is 2.02 bits per heavy atom. The minimum absolute atomic E-state index is 0.0525. The van der Waals surface area contributed by atoms with Crippen molar-refractivity contribution in [2.24, 2.45) is 5.73 Å². The van der Waals surface area contributed by atoms with E-state index in [2.05, 4.69) is 0 Å². The van der Waals surface area contributed by atoms with Gasteiger partial charge in [0.1, 0.15) is 30.1 Å². The lowest BCUT2D eigenvalue weighted by molar-refractivity contribution is -0.462. The summed E-state index contributed by atoms with van der Waals surface area (Å²) >= 11 is 0. The highest BCUT2D eigenvalue weighted by molar-refractivity contribution is 5.94. The zero-order chi connectivity index (χ0) is 29.8. The van der Waals surface area contributed by atoms with Crippen molar-refractivity contribution in [2.45, 2.75) is 51.4 Å². The fourth-order valence-corrected chi connectivity index (χ4v) is 3.88. The van der Waals surface area contributed by atoms with Crippen LogP contribution in [0.4, 0.5) is 0 Å². The summed E-state index contributed by atoms with van der Waals surface area (Å²) in [6.45, 7) is 2.50. The predicted octanol–water partition coefficient (Wildman–Crippen LogP) is 2.90. The second-order valence-electron chi connectivity index (χ2n) is 9.04. The van der Waals surface area contributed by atoms with Gasteiger partial charge in [0, 0.05) is 19.0 Å². The first kappa shape index (κ1) is 31.1. The zero-order valence-electron chi connectivity index (χ0n) is 23.1. The molecule has 220 valence electrons. The number of nitrogens with two attached hydrogens (primary N) is 1. The number of rotatable bonds is 3. The molecule has 2 bridgehead atoms. The molecule has 3 N–H and O–H groups in total. The molecule has 0 saturated heterocycles. The summed E-state index contributed by atoms with van der Waals surface area (Å²) in [7, 11) is 1.30. The first-order chi connectivity index (χ1) is 19.7. The molecule has 2 aliphatic heterocycles. The average Bonchev–Trinajstić information content (AvgIpc) is 2.93. The zero-order valence-corrected chi connectivity index (χ0v) is 23.1. The van der Waals surface area contributed by atoms with E-state index in [1.807, 2.05) is 0 Å². The maximum Gasteiger partial charge on any atom is 0.342 e.